The molecule has 2 fully saturated rings. The predicted octanol–water partition coefficient (Wildman–Crippen LogP) is 1.06. The lowest BCUT2D eigenvalue weighted by atomic mass is 9.79. The molecule has 3 rings (SSSR count). The summed E-state index contributed by atoms with van der Waals surface area (Å²) in [6, 6.07) is 3.94. The monoisotopic (exact) mass is 371 g/mol. The van der Waals surface area contributed by atoms with E-state index in [0.717, 1.165) is 10.4 Å². The number of nitrogens with two attached hydrogens (primary N) is 1. The van der Waals surface area contributed by atoms with Gasteiger partial charge in [0, 0.05) is 32.0 Å². The summed E-state index contributed by atoms with van der Waals surface area (Å²) in [6.07, 6.45) is 1.49. The van der Waals surface area contributed by atoms with Gasteiger partial charge >= 0.3 is 0 Å². The molecule has 0 unspecified atom stereocenters. The summed E-state index contributed by atoms with van der Waals surface area (Å²) in [4.78, 5) is 12.7. The topological polar surface area (TPSA) is 102 Å². The third-order valence-electron chi connectivity index (χ3n) is 4.89. The van der Waals surface area contributed by atoms with Crippen LogP contribution < -0.4 is 15.4 Å². The molecule has 1 amide bonds. The third kappa shape index (κ3) is 3.49. The highest BCUT2D eigenvalue weighted by atomic mass is 32.2. The van der Waals surface area contributed by atoms with Crippen molar-refractivity contribution in [2.24, 2.45) is 11.1 Å². The minimum atomic E-state index is -3.50. The van der Waals surface area contributed by atoms with Gasteiger partial charge in [-0.3, -0.25) is 9.10 Å². The van der Waals surface area contributed by atoms with Crippen molar-refractivity contribution in [2.75, 3.05) is 41.7 Å². The number of benzene rings is 1. The number of nitrogens with one attached hydrogen (secondary N) is 1. The molecule has 1 aromatic rings. The summed E-state index contributed by atoms with van der Waals surface area (Å²) in [7, 11) is -3.50. The summed E-state index contributed by atoms with van der Waals surface area (Å²) in [6.45, 7) is 1.36. The Labute approximate surface area is 146 Å². The van der Waals surface area contributed by atoms with Gasteiger partial charge in [0.15, 0.2) is 0 Å². The van der Waals surface area contributed by atoms with E-state index in [1.807, 2.05) is 0 Å². The van der Waals surface area contributed by atoms with E-state index in [1.165, 1.54) is 12.1 Å². The lowest BCUT2D eigenvalue weighted by Gasteiger charge is -2.34. The maximum absolute atomic E-state index is 14.1. The predicted molar refractivity (Wildman–Crippen MR) is 92.3 cm³/mol. The summed E-state index contributed by atoms with van der Waals surface area (Å²) >= 11 is 0. The number of ether oxygens (including phenoxy) is 1. The van der Waals surface area contributed by atoms with Crippen LogP contribution in [0.4, 0.5) is 15.8 Å². The van der Waals surface area contributed by atoms with Crippen LogP contribution in [0.1, 0.15) is 19.3 Å². The lowest BCUT2D eigenvalue weighted by molar-refractivity contribution is -0.130. The molecule has 25 heavy (non-hydrogen) atoms. The van der Waals surface area contributed by atoms with Gasteiger partial charge in [0.1, 0.15) is 5.82 Å². The van der Waals surface area contributed by atoms with Crippen molar-refractivity contribution in [3.8, 4) is 0 Å². The fourth-order valence-electron chi connectivity index (χ4n) is 3.24. The summed E-state index contributed by atoms with van der Waals surface area (Å²) in [5, 5.41) is 2.76. The highest BCUT2D eigenvalue weighted by molar-refractivity contribution is 7.93. The molecule has 2 aliphatic heterocycles. The first-order valence-corrected chi connectivity index (χ1v) is 9.88. The first-order chi connectivity index (χ1) is 11.9. The molecule has 2 heterocycles. The normalized spacial score (nSPS) is 21.9. The summed E-state index contributed by atoms with van der Waals surface area (Å²) in [5.74, 6) is -0.887. The maximum atomic E-state index is 14.1. The number of nitrogens with zero attached hydrogens (tertiary/aromatic N) is 1. The molecule has 0 saturated carbocycles. The molecule has 9 heteroatoms. The van der Waals surface area contributed by atoms with Gasteiger partial charge in [-0.2, -0.15) is 0 Å². The van der Waals surface area contributed by atoms with Crippen LogP contribution in [0.3, 0.4) is 0 Å². The first kappa shape index (κ1) is 18.1. The van der Waals surface area contributed by atoms with Gasteiger partial charge in [-0.05, 0) is 37.5 Å². The SMILES string of the molecule is NCC1(C(=O)Nc2ccc(F)c(N3CCCS3(=O)=O)c2)CCOCC1. The largest absolute Gasteiger partial charge is 0.381 e. The molecular weight excluding hydrogens is 349 g/mol. The fourth-order valence-corrected chi connectivity index (χ4v) is 4.80. The smallest absolute Gasteiger partial charge is 0.235 e. The van der Waals surface area contributed by atoms with Crippen molar-refractivity contribution in [3.63, 3.8) is 0 Å². The van der Waals surface area contributed by atoms with Gasteiger partial charge < -0.3 is 15.8 Å². The average molecular weight is 371 g/mol. The minimum Gasteiger partial charge on any atom is -0.381 e. The van der Waals surface area contributed by atoms with Crippen molar-refractivity contribution < 1.29 is 22.3 Å². The van der Waals surface area contributed by atoms with E-state index in [2.05, 4.69) is 5.32 Å². The van der Waals surface area contributed by atoms with Crippen LogP contribution in [0.15, 0.2) is 18.2 Å². The van der Waals surface area contributed by atoms with Crippen molar-refractivity contribution in [1.82, 2.24) is 0 Å². The van der Waals surface area contributed by atoms with E-state index in [9.17, 15) is 17.6 Å². The van der Waals surface area contributed by atoms with Crippen LogP contribution in [0, 0.1) is 11.2 Å². The zero-order valence-corrected chi connectivity index (χ0v) is 14.6. The zero-order valence-electron chi connectivity index (χ0n) is 13.8. The number of halogens is 1. The van der Waals surface area contributed by atoms with Gasteiger partial charge in [0.05, 0.1) is 16.9 Å². The number of hydrogen-bond acceptors (Lipinski definition) is 5. The molecule has 138 valence electrons. The molecule has 0 spiro atoms. The number of carbonyl (C=O) groups is 1. The van der Waals surface area contributed by atoms with Crippen LogP contribution in [-0.4, -0.2) is 46.4 Å². The van der Waals surface area contributed by atoms with E-state index >= 15 is 0 Å². The molecule has 0 aliphatic carbocycles. The number of hydrogen-bond donors (Lipinski definition) is 2. The molecule has 1 aromatic carbocycles. The molecule has 2 saturated heterocycles. The number of sulfonamides is 1. The van der Waals surface area contributed by atoms with Crippen LogP contribution >= 0.6 is 0 Å². The third-order valence-corrected chi connectivity index (χ3v) is 6.75. The molecule has 0 aromatic heterocycles. The number of amides is 1. The summed E-state index contributed by atoms with van der Waals surface area (Å²) < 4.78 is 44.6. The molecular formula is C16H22FN3O4S. The Morgan fingerprint density at radius 1 is 1.36 bits per heavy atom. The van der Waals surface area contributed by atoms with E-state index in [0.29, 0.717) is 38.2 Å². The molecule has 7 nitrogen and oxygen atoms in total. The van der Waals surface area contributed by atoms with Gasteiger partial charge in [-0.25, -0.2) is 12.8 Å². The van der Waals surface area contributed by atoms with Crippen molar-refractivity contribution >= 4 is 27.3 Å². The Morgan fingerprint density at radius 2 is 2.08 bits per heavy atom. The maximum Gasteiger partial charge on any atom is 0.235 e. The molecule has 0 atom stereocenters. The Balaban J connectivity index is 1.84. The first-order valence-electron chi connectivity index (χ1n) is 8.27. The number of anilines is 2. The van der Waals surface area contributed by atoms with Gasteiger partial charge in [-0.15, -0.1) is 0 Å². The van der Waals surface area contributed by atoms with Crippen LogP contribution in [0.2, 0.25) is 0 Å². The van der Waals surface area contributed by atoms with E-state index < -0.39 is 21.3 Å². The number of rotatable bonds is 4. The highest BCUT2D eigenvalue weighted by Crippen LogP contribution is 2.33. The Hall–Kier alpha value is -1.71. The van der Waals surface area contributed by atoms with Crippen molar-refractivity contribution in [3.05, 3.63) is 24.0 Å². The molecule has 3 N–H and O–H groups in total. The second kappa shape index (κ2) is 6.89. The van der Waals surface area contributed by atoms with Crippen LogP contribution in [-0.2, 0) is 19.6 Å². The highest BCUT2D eigenvalue weighted by Gasteiger charge is 2.39. The Bertz CT molecular complexity index is 763. The Morgan fingerprint density at radius 3 is 2.68 bits per heavy atom. The van der Waals surface area contributed by atoms with Crippen LogP contribution in [0.5, 0.6) is 0 Å². The number of carbonyl (C=O) groups excluding carboxylic acids is 1. The second-order valence-electron chi connectivity index (χ2n) is 6.46. The summed E-state index contributed by atoms with van der Waals surface area (Å²) in [5.41, 5.74) is 5.41. The lowest BCUT2D eigenvalue weighted by Crippen LogP contribution is -2.46. The minimum absolute atomic E-state index is 0.000683. The van der Waals surface area contributed by atoms with E-state index in [-0.39, 0.29) is 30.4 Å². The molecule has 2 aliphatic rings. The van der Waals surface area contributed by atoms with E-state index in [1.54, 1.807) is 0 Å². The zero-order chi connectivity index (χ0) is 18.1. The van der Waals surface area contributed by atoms with Crippen molar-refractivity contribution in [2.45, 2.75) is 19.3 Å². The van der Waals surface area contributed by atoms with Gasteiger partial charge in [-0.1, -0.05) is 0 Å². The van der Waals surface area contributed by atoms with Gasteiger partial charge in [0.25, 0.3) is 0 Å². The van der Waals surface area contributed by atoms with Gasteiger partial charge in [0.2, 0.25) is 15.9 Å². The average Bonchev–Trinajstić information content (AvgIpc) is 2.96. The van der Waals surface area contributed by atoms with E-state index in [4.69, 9.17) is 10.5 Å². The standard InChI is InChI=1S/C16H22FN3O4S/c17-13-3-2-12(10-14(13)20-6-1-9-25(20,22)23)19-15(21)16(11-18)4-7-24-8-5-16/h2-3,10H,1,4-9,11,18H2,(H,19,21). The quantitative estimate of drug-likeness (QED) is 0.824. The second-order valence-corrected chi connectivity index (χ2v) is 8.47. The molecule has 0 radical (unpaired) electrons. The molecule has 0 bridgehead atoms. The van der Waals surface area contributed by atoms with Crippen molar-refractivity contribution in [1.29, 1.82) is 0 Å². The Kier molecular flexibility index (Phi) is 4.99. The fraction of sp³-hybridized carbons (Fsp3) is 0.562. The van der Waals surface area contributed by atoms with Crippen LogP contribution in [0.25, 0.3) is 0 Å².